The van der Waals surface area contributed by atoms with E-state index >= 15 is 0 Å². The largest absolute Gasteiger partial charge is 0.347 e. The summed E-state index contributed by atoms with van der Waals surface area (Å²) in [6, 6.07) is 9.35. The average Bonchev–Trinajstić information content (AvgIpc) is 2.96. The average molecular weight is 391 g/mol. The van der Waals surface area contributed by atoms with E-state index in [0.29, 0.717) is 12.1 Å². The van der Waals surface area contributed by atoms with E-state index in [-0.39, 0.29) is 29.4 Å². The Balaban J connectivity index is 1.54. The summed E-state index contributed by atoms with van der Waals surface area (Å²) in [5, 5.41) is 5.98. The molecule has 1 aliphatic carbocycles. The van der Waals surface area contributed by atoms with Crippen molar-refractivity contribution in [1.29, 1.82) is 0 Å². The monoisotopic (exact) mass is 391 g/mol. The summed E-state index contributed by atoms with van der Waals surface area (Å²) >= 11 is 0. The van der Waals surface area contributed by atoms with Gasteiger partial charge in [0.25, 0.3) is 11.8 Å². The van der Waals surface area contributed by atoms with E-state index in [1.807, 2.05) is 24.3 Å². The molecular formula is C22H25N5O2. The predicted octanol–water partition coefficient (Wildman–Crippen LogP) is 3.11. The number of carbonyl (C=O) groups excluding carboxylic acids is 2. The van der Waals surface area contributed by atoms with Crippen LogP contribution in [0.15, 0.2) is 48.9 Å². The molecule has 3 aromatic heterocycles. The first kappa shape index (κ1) is 19.1. The van der Waals surface area contributed by atoms with Crippen molar-refractivity contribution in [3.05, 3.63) is 66.0 Å². The van der Waals surface area contributed by atoms with Crippen LogP contribution in [0.2, 0.25) is 0 Å². The lowest BCUT2D eigenvalue weighted by molar-refractivity contribution is 0.0922. The molecule has 0 atom stereocenters. The summed E-state index contributed by atoms with van der Waals surface area (Å²) in [5.41, 5.74) is 1.76. The Labute approximate surface area is 169 Å². The zero-order valence-corrected chi connectivity index (χ0v) is 16.3. The predicted molar refractivity (Wildman–Crippen MR) is 110 cm³/mol. The number of imidazole rings is 1. The van der Waals surface area contributed by atoms with Crippen LogP contribution < -0.4 is 10.6 Å². The van der Waals surface area contributed by atoms with Gasteiger partial charge in [-0.1, -0.05) is 37.8 Å². The fourth-order valence-corrected chi connectivity index (χ4v) is 3.81. The van der Waals surface area contributed by atoms with E-state index in [0.717, 1.165) is 31.2 Å². The third kappa shape index (κ3) is 4.45. The molecule has 7 heteroatoms. The number of fused-ring (bicyclic) bond motifs is 1. The zero-order valence-electron chi connectivity index (χ0n) is 16.3. The van der Waals surface area contributed by atoms with Crippen molar-refractivity contribution in [2.24, 2.45) is 0 Å². The van der Waals surface area contributed by atoms with Crippen LogP contribution in [0.25, 0.3) is 5.52 Å². The first-order valence-electron chi connectivity index (χ1n) is 10.2. The highest BCUT2D eigenvalue weighted by Crippen LogP contribution is 2.18. The van der Waals surface area contributed by atoms with E-state index in [1.165, 1.54) is 12.8 Å². The van der Waals surface area contributed by atoms with Crippen LogP contribution in [-0.4, -0.2) is 32.2 Å². The van der Waals surface area contributed by atoms with Crippen LogP contribution in [0.3, 0.4) is 0 Å². The lowest BCUT2D eigenvalue weighted by Crippen LogP contribution is -2.35. The normalized spacial score (nSPS) is 15.0. The molecule has 1 saturated carbocycles. The minimum absolute atomic E-state index is 0.170. The van der Waals surface area contributed by atoms with Gasteiger partial charge in [0.1, 0.15) is 0 Å². The van der Waals surface area contributed by atoms with Gasteiger partial charge in [-0.2, -0.15) is 0 Å². The molecule has 29 heavy (non-hydrogen) atoms. The lowest BCUT2D eigenvalue weighted by atomic mass is 10.1. The molecule has 7 nitrogen and oxygen atoms in total. The molecule has 0 saturated heterocycles. The lowest BCUT2D eigenvalue weighted by Gasteiger charge is -2.15. The maximum Gasteiger partial charge on any atom is 0.287 e. The first-order chi connectivity index (χ1) is 14.2. The SMILES string of the molecule is O=C(NCc1cccnc1)c1nc(C(=O)NC2CCCCCC2)n2ccccc12. The molecule has 0 unspecified atom stereocenters. The van der Waals surface area contributed by atoms with Crippen molar-refractivity contribution in [1.82, 2.24) is 25.0 Å². The number of pyridine rings is 2. The molecule has 0 spiro atoms. The summed E-state index contributed by atoms with van der Waals surface area (Å²) in [6.07, 6.45) is 11.9. The Morgan fingerprint density at radius 2 is 1.86 bits per heavy atom. The molecule has 2 N–H and O–H groups in total. The summed E-state index contributed by atoms with van der Waals surface area (Å²) < 4.78 is 1.69. The van der Waals surface area contributed by atoms with Crippen LogP contribution >= 0.6 is 0 Å². The van der Waals surface area contributed by atoms with E-state index in [4.69, 9.17) is 0 Å². The molecule has 150 valence electrons. The molecule has 1 aliphatic rings. The molecule has 0 bridgehead atoms. The zero-order chi connectivity index (χ0) is 20.1. The second kappa shape index (κ2) is 8.86. The Morgan fingerprint density at radius 3 is 2.62 bits per heavy atom. The highest BCUT2D eigenvalue weighted by atomic mass is 16.2. The van der Waals surface area contributed by atoms with E-state index in [9.17, 15) is 9.59 Å². The Hall–Kier alpha value is -3.22. The summed E-state index contributed by atoms with van der Waals surface area (Å²) in [4.78, 5) is 34.1. The number of nitrogens with zero attached hydrogens (tertiary/aromatic N) is 3. The molecule has 0 radical (unpaired) electrons. The number of rotatable bonds is 5. The van der Waals surface area contributed by atoms with Gasteiger partial charge in [0, 0.05) is 31.2 Å². The second-order valence-corrected chi connectivity index (χ2v) is 7.45. The van der Waals surface area contributed by atoms with Gasteiger partial charge in [0.2, 0.25) is 5.82 Å². The van der Waals surface area contributed by atoms with Crippen molar-refractivity contribution >= 4 is 17.3 Å². The summed E-state index contributed by atoms with van der Waals surface area (Å²) in [6.45, 7) is 0.349. The molecule has 2 amide bonds. The van der Waals surface area contributed by atoms with Gasteiger partial charge in [-0.05, 0) is 36.6 Å². The number of carbonyl (C=O) groups is 2. The number of aromatic nitrogens is 3. The summed E-state index contributed by atoms with van der Waals surface area (Å²) in [5.74, 6) is -0.299. The van der Waals surface area contributed by atoms with Crippen LogP contribution in [0, 0.1) is 0 Å². The minimum Gasteiger partial charge on any atom is -0.347 e. The summed E-state index contributed by atoms with van der Waals surface area (Å²) in [7, 11) is 0. The third-order valence-electron chi connectivity index (χ3n) is 5.33. The van der Waals surface area contributed by atoms with Gasteiger partial charge >= 0.3 is 0 Å². The third-order valence-corrected chi connectivity index (χ3v) is 5.33. The maximum atomic E-state index is 12.9. The van der Waals surface area contributed by atoms with Crippen molar-refractivity contribution in [3.63, 3.8) is 0 Å². The maximum absolute atomic E-state index is 12.9. The highest BCUT2D eigenvalue weighted by Gasteiger charge is 2.23. The molecule has 3 heterocycles. The van der Waals surface area contributed by atoms with Crippen molar-refractivity contribution < 1.29 is 9.59 Å². The Bertz CT molecular complexity index is 991. The molecule has 4 rings (SSSR count). The van der Waals surface area contributed by atoms with E-state index in [2.05, 4.69) is 20.6 Å². The van der Waals surface area contributed by atoms with Crippen LogP contribution in [-0.2, 0) is 6.54 Å². The minimum atomic E-state index is -0.314. The standard InChI is InChI=1S/C22H25N5O2/c28-21(24-15-16-8-7-12-23-14-16)19-18-11-5-6-13-27(18)20(26-19)22(29)25-17-9-3-1-2-4-10-17/h5-8,11-14,17H,1-4,9-10,15H2,(H,24,28)(H,25,29). The molecule has 0 aromatic carbocycles. The fourth-order valence-electron chi connectivity index (χ4n) is 3.81. The molecule has 1 fully saturated rings. The fraction of sp³-hybridized carbons (Fsp3) is 0.364. The van der Waals surface area contributed by atoms with Crippen molar-refractivity contribution in [2.75, 3.05) is 0 Å². The van der Waals surface area contributed by atoms with Crippen LogP contribution in [0.5, 0.6) is 0 Å². The Morgan fingerprint density at radius 1 is 1.03 bits per heavy atom. The van der Waals surface area contributed by atoms with Crippen LogP contribution in [0.4, 0.5) is 0 Å². The van der Waals surface area contributed by atoms with E-state index < -0.39 is 0 Å². The Kier molecular flexibility index (Phi) is 5.84. The van der Waals surface area contributed by atoms with Gasteiger partial charge in [-0.3, -0.25) is 19.0 Å². The quantitative estimate of drug-likeness (QED) is 0.654. The number of amides is 2. The second-order valence-electron chi connectivity index (χ2n) is 7.45. The number of hydrogen-bond donors (Lipinski definition) is 2. The van der Waals surface area contributed by atoms with E-state index in [1.54, 1.807) is 29.1 Å². The van der Waals surface area contributed by atoms with Gasteiger partial charge in [0.15, 0.2) is 5.69 Å². The first-order valence-corrected chi connectivity index (χ1v) is 10.2. The number of nitrogens with one attached hydrogen (secondary N) is 2. The molecular weight excluding hydrogens is 366 g/mol. The molecule has 0 aliphatic heterocycles. The van der Waals surface area contributed by atoms with Crippen molar-refractivity contribution in [3.8, 4) is 0 Å². The smallest absolute Gasteiger partial charge is 0.287 e. The van der Waals surface area contributed by atoms with Crippen LogP contribution in [0.1, 0.15) is 65.2 Å². The van der Waals surface area contributed by atoms with Gasteiger partial charge < -0.3 is 10.6 Å². The topological polar surface area (TPSA) is 88.4 Å². The van der Waals surface area contributed by atoms with Gasteiger partial charge in [-0.25, -0.2) is 4.98 Å². The number of hydrogen-bond acceptors (Lipinski definition) is 4. The van der Waals surface area contributed by atoms with Crippen molar-refractivity contribution in [2.45, 2.75) is 51.1 Å². The van der Waals surface area contributed by atoms with Gasteiger partial charge in [-0.15, -0.1) is 0 Å². The van der Waals surface area contributed by atoms with Gasteiger partial charge in [0.05, 0.1) is 5.52 Å². The highest BCUT2D eigenvalue weighted by molar-refractivity contribution is 6.02. The molecule has 3 aromatic rings.